The number of anilines is 1. The summed E-state index contributed by atoms with van der Waals surface area (Å²) < 4.78 is 31.7. The molecular weight excluding hydrogens is 406 g/mol. The van der Waals surface area contributed by atoms with Gasteiger partial charge < -0.3 is 5.11 Å². The van der Waals surface area contributed by atoms with E-state index in [0.717, 1.165) is 35.3 Å². The number of carbonyl (C=O) groups is 1. The summed E-state index contributed by atoms with van der Waals surface area (Å²) in [6.07, 6.45) is 0. The molecule has 0 spiro atoms. The molecule has 1 heterocycles. The minimum absolute atomic E-state index is 0.0837. The van der Waals surface area contributed by atoms with Gasteiger partial charge in [0.1, 0.15) is 11.4 Å². The quantitative estimate of drug-likeness (QED) is 0.323. The van der Waals surface area contributed by atoms with E-state index in [1.54, 1.807) is 0 Å². The Morgan fingerprint density at radius 3 is 2.62 bits per heavy atom. The Kier molecular flexibility index (Phi) is 5.09. The predicted molar refractivity (Wildman–Crippen MR) is 99.9 cm³/mol. The maximum Gasteiger partial charge on any atom is 0.294 e. The summed E-state index contributed by atoms with van der Waals surface area (Å²) in [5.41, 5.74) is -0.212. The first-order valence-electron chi connectivity index (χ1n) is 7.93. The minimum Gasteiger partial charge on any atom is -0.506 e. The van der Waals surface area contributed by atoms with E-state index in [1.807, 2.05) is 0 Å². The molecule has 0 saturated heterocycles. The third kappa shape index (κ3) is 4.09. The third-order valence-corrected chi connectivity index (χ3v) is 4.76. The van der Waals surface area contributed by atoms with E-state index in [9.17, 15) is 28.4 Å². The second-order valence-corrected chi connectivity index (χ2v) is 7.33. The van der Waals surface area contributed by atoms with E-state index >= 15 is 0 Å². The number of hydrogen-bond donors (Lipinski definition) is 2. The Hall–Kier alpha value is -3.71. The molecule has 0 bridgehead atoms. The van der Waals surface area contributed by atoms with Crippen LogP contribution in [0, 0.1) is 10.1 Å². The van der Waals surface area contributed by atoms with E-state index in [0.29, 0.717) is 0 Å². The highest BCUT2D eigenvalue weighted by molar-refractivity contribution is 7.85. The van der Waals surface area contributed by atoms with Crippen LogP contribution in [0.25, 0.3) is 0 Å². The maximum absolute atomic E-state index is 12.6. The van der Waals surface area contributed by atoms with Gasteiger partial charge in [-0.25, -0.2) is 0 Å². The van der Waals surface area contributed by atoms with Gasteiger partial charge in [-0.3, -0.25) is 19.5 Å². The number of nitro groups is 1. The SMILES string of the molecule is CC1=NN(c2cccc(S(=O)(=O)O)c2)C(=O)C1N=Nc1cc([N+](=O)[O-])ccc1O. The molecule has 12 nitrogen and oxygen atoms in total. The highest BCUT2D eigenvalue weighted by Crippen LogP contribution is 2.32. The molecule has 2 aromatic rings. The fourth-order valence-corrected chi connectivity index (χ4v) is 3.00. The largest absolute Gasteiger partial charge is 0.506 e. The van der Waals surface area contributed by atoms with Crippen LogP contribution < -0.4 is 5.01 Å². The van der Waals surface area contributed by atoms with Gasteiger partial charge in [-0.2, -0.15) is 28.8 Å². The van der Waals surface area contributed by atoms with Gasteiger partial charge in [-0.15, -0.1) is 0 Å². The van der Waals surface area contributed by atoms with Crippen LogP contribution in [0.4, 0.5) is 17.1 Å². The zero-order chi connectivity index (χ0) is 21.3. The lowest BCUT2D eigenvalue weighted by atomic mass is 10.2. The lowest BCUT2D eigenvalue weighted by Crippen LogP contribution is -2.29. The Balaban J connectivity index is 1.89. The molecule has 3 rings (SSSR count). The number of hydrazone groups is 1. The van der Waals surface area contributed by atoms with E-state index in [4.69, 9.17) is 4.55 Å². The molecule has 0 aliphatic carbocycles. The fraction of sp³-hybridized carbons (Fsp3) is 0.125. The average Bonchev–Trinajstić information content (AvgIpc) is 2.94. The molecule has 1 amide bonds. The van der Waals surface area contributed by atoms with Crippen molar-refractivity contribution in [3.05, 3.63) is 52.6 Å². The van der Waals surface area contributed by atoms with Crippen molar-refractivity contribution < 1.29 is 27.8 Å². The molecule has 0 aromatic heterocycles. The van der Waals surface area contributed by atoms with Gasteiger partial charge >= 0.3 is 0 Å². The summed E-state index contributed by atoms with van der Waals surface area (Å²) in [6.45, 7) is 1.49. The molecule has 2 aromatic carbocycles. The lowest BCUT2D eigenvalue weighted by molar-refractivity contribution is -0.384. The summed E-state index contributed by atoms with van der Waals surface area (Å²) in [6, 6.07) is 6.94. The van der Waals surface area contributed by atoms with Crippen molar-refractivity contribution in [2.45, 2.75) is 17.9 Å². The van der Waals surface area contributed by atoms with Crippen molar-refractivity contribution in [2.75, 3.05) is 5.01 Å². The number of carbonyl (C=O) groups excluding carboxylic acids is 1. The first kappa shape index (κ1) is 20.0. The molecule has 1 aliphatic rings. The van der Waals surface area contributed by atoms with Crippen molar-refractivity contribution in [3.63, 3.8) is 0 Å². The van der Waals surface area contributed by atoms with Crippen LogP contribution in [-0.4, -0.2) is 40.7 Å². The van der Waals surface area contributed by atoms with Gasteiger partial charge in [-0.05, 0) is 31.2 Å². The van der Waals surface area contributed by atoms with Crippen LogP contribution in [0.3, 0.4) is 0 Å². The number of azo groups is 1. The fourth-order valence-electron chi connectivity index (χ4n) is 2.48. The summed E-state index contributed by atoms with van der Waals surface area (Å²) in [7, 11) is -4.47. The molecule has 1 atom stereocenters. The number of nitro benzene ring substituents is 1. The topological polar surface area (TPSA) is 175 Å². The third-order valence-electron chi connectivity index (χ3n) is 3.91. The Labute approximate surface area is 163 Å². The van der Waals surface area contributed by atoms with E-state index in [-0.39, 0.29) is 28.5 Å². The highest BCUT2D eigenvalue weighted by atomic mass is 32.2. The normalized spacial score (nSPS) is 17.0. The van der Waals surface area contributed by atoms with E-state index < -0.39 is 31.9 Å². The van der Waals surface area contributed by atoms with Crippen molar-refractivity contribution in [2.24, 2.45) is 15.3 Å². The molecule has 1 unspecified atom stereocenters. The van der Waals surface area contributed by atoms with Gasteiger partial charge in [-0.1, -0.05) is 6.07 Å². The maximum atomic E-state index is 12.6. The van der Waals surface area contributed by atoms with Crippen molar-refractivity contribution in [1.82, 2.24) is 0 Å². The van der Waals surface area contributed by atoms with Crippen LogP contribution in [0.1, 0.15) is 6.92 Å². The second kappa shape index (κ2) is 7.37. The smallest absolute Gasteiger partial charge is 0.294 e. The standard InChI is InChI=1S/C16H13N5O7S/c1-9-15(18-17-13-8-11(21(24)25)5-6-14(13)22)16(23)20(19-9)10-3-2-4-12(7-10)29(26,27)28/h2-8,15,22H,1H3,(H,26,27,28). The minimum atomic E-state index is -4.47. The van der Waals surface area contributed by atoms with Gasteiger partial charge in [0, 0.05) is 12.1 Å². The Morgan fingerprint density at radius 2 is 1.97 bits per heavy atom. The molecule has 150 valence electrons. The summed E-state index contributed by atoms with van der Waals surface area (Å²) in [5.74, 6) is -1.03. The van der Waals surface area contributed by atoms with Gasteiger partial charge in [0.15, 0.2) is 6.04 Å². The molecule has 0 saturated carbocycles. The average molecular weight is 419 g/mol. The van der Waals surface area contributed by atoms with E-state index in [2.05, 4.69) is 15.3 Å². The molecule has 29 heavy (non-hydrogen) atoms. The number of rotatable bonds is 5. The number of phenols is 1. The number of non-ortho nitro benzene ring substituents is 1. The van der Waals surface area contributed by atoms with Crippen molar-refractivity contribution >= 4 is 38.8 Å². The lowest BCUT2D eigenvalue weighted by Gasteiger charge is -2.13. The van der Waals surface area contributed by atoms with Crippen LogP contribution >= 0.6 is 0 Å². The summed E-state index contributed by atoms with van der Waals surface area (Å²) in [4.78, 5) is 22.4. The molecule has 1 aliphatic heterocycles. The predicted octanol–water partition coefficient (Wildman–Crippen LogP) is 2.42. The first-order chi connectivity index (χ1) is 13.6. The van der Waals surface area contributed by atoms with Crippen LogP contribution in [0.15, 0.2) is 62.7 Å². The first-order valence-corrected chi connectivity index (χ1v) is 9.37. The number of nitrogens with zero attached hydrogens (tertiary/aromatic N) is 5. The van der Waals surface area contributed by atoms with Crippen molar-refractivity contribution in [1.29, 1.82) is 0 Å². The number of hydrogen-bond acceptors (Lipinski definition) is 9. The number of benzene rings is 2. The van der Waals surface area contributed by atoms with Gasteiger partial charge in [0.2, 0.25) is 0 Å². The van der Waals surface area contributed by atoms with Crippen molar-refractivity contribution in [3.8, 4) is 5.75 Å². The highest BCUT2D eigenvalue weighted by Gasteiger charge is 2.35. The molecular formula is C16H13N5O7S. The monoisotopic (exact) mass is 419 g/mol. The van der Waals surface area contributed by atoms with E-state index in [1.165, 1.54) is 19.1 Å². The molecule has 13 heteroatoms. The molecule has 0 radical (unpaired) electrons. The Morgan fingerprint density at radius 1 is 1.24 bits per heavy atom. The van der Waals surface area contributed by atoms with Gasteiger partial charge in [0.05, 0.1) is 21.2 Å². The van der Waals surface area contributed by atoms with Crippen LogP contribution in [-0.2, 0) is 14.9 Å². The second-order valence-electron chi connectivity index (χ2n) is 5.91. The Bertz CT molecular complexity index is 1180. The molecule has 2 N–H and O–H groups in total. The number of aromatic hydroxyl groups is 1. The van der Waals surface area contributed by atoms with Crippen LogP contribution in [0.2, 0.25) is 0 Å². The zero-order valence-corrected chi connectivity index (χ0v) is 15.5. The van der Waals surface area contributed by atoms with Crippen LogP contribution in [0.5, 0.6) is 5.75 Å². The number of phenolic OH excluding ortho intramolecular Hbond substituents is 1. The summed E-state index contributed by atoms with van der Waals surface area (Å²) in [5, 5.41) is 33.1. The number of amides is 1. The van der Waals surface area contributed by atoms with Gasteiger partial charge in [0.25, 0.3) is 21.7 Å². The summed E-state index contributed by atoms with van der Waals surface area (Å²) >= 11 is 0. The molecule has 0 fully saturated rings. The zero-order valence-electron chi connectivity index (χ0n) is 14.7.